The van der Waals surface area contributed by atoms with Crippen LogP contribution in [0, 0.1) is 11.3 Å². The first kappa shape index (κ1) is 15.0. The maximum atomic E-state index is 12.7. The fourth-order valence-corrected chi connectivity index (χ4v) is 1.95. The Labute approximate surface area is 123 Å². The first-order chi connectivity index (χ1) is 9.79. The number of benzene rings is 2. The summed E-state index contributed by atoms with van der Waals surface area (Å²) in [6.45, 7) is 0. The topological polar surface area (TPSA) is 61.8 Å². The molecule has 0 amide bonds. The largest absolute Gasteiger partial charge is 0.416 e. The normalized spacial score (nSPS) is 11.0. The predicted molar refractivity (Wildman–Crippen MR) is 75.3 cm³/mol. The first-order valence-corrected chi connectivity index (χ1v) is 6.12. The number of nitrogens with two attached hydrogens (primary N) is 1. The van der Waals surface area contributed by atoms with Crippen molar-refractivity contribution in [1.82, 2.24) is 0 Å². The molecular formula is C14H9ClF3N3. The minimum absolute atomic E-state index is 0.0534. The van der Waals surface area contributed by atoms with Crippen molar-refractivity contribution in [2.75, 3.05) is 11.1 Å². The third-order valence-electron chi connectivity index (χ3n) is 2.69. The highest BCUT2D eigenvalue weighted by Crippen LogP contribution is 2.34. The van der Waals surface area contributed by atoms with Gasteiger partial charge in [0.2, 0.25) is 0 Å². The van der Waals surface area contributed by atoms with Crippen molar-refractivity contribution < 1.29 is 13.2 Å². The lowest BCUT2D eigenvalue weighted by Gasteiger charge is -2.13. The summed E-state index contributed by atoms with van der Waals surface area (Å²) in [4.78, 5) is 0. The lowest BCUT2D eigenvalue weighted by molar-refractivity contribution is -0.137. The van der Waals surface area contributed by atoms with E-state index in [-0.39, 0.29) is 10.7 Å². The zero-order valence-electron chi connectivity index (χ0n) is 10.5. The number of nitriles is 1. The van der Waals surface area contributed by atoms with E-state index in [1.807, 2.05) is 6.07 Å². The molecule has 3 nitrogen and oxygen atoms in total. The highest BCUT2D eigenvalue weighted by atomic mass is 35.5. The Kier molecular flexibility index (Phi) is 3.96. The molecule has 21 heavy (non-hydrogen) atoms. The van der Waals surface area contributed by atoms with Crippen LogP contribution in [0.5, 0.6) is 0 Å². The van der Waals surface area contributed by atoms with Gasteiger partial charge in [-0.1, -0.05) is 11.6 Å². The highest BCUT2D eigenvalue weighted by Gasteiger charge is 2.31. The molecule has 0 saturated carbocycles. The quantitative estimate of drug-likeness (QED) is 0.799. The van der Waals surface area contributed by atoms with Crippen LogP contribution >= 0.6 is 11.6 Å². The van der Waals surface area contributed by atoms with Gasteiger partial charge in [0.1, 0.15) is 0 Å². The molecule has 3 N–H and O–H groups in total. The van der Waals surface area contributed by atoms with Crippen molar-refractivity contribution in [3.8, 4) is 6.07 Å². The summed E-state index contributed by atoms with van der Waals surface area (Å²) in [6.07, 6.45) is -4.50. The van der Waals surface area contributed by atoms with Gasteiger partial charge in [-0.3, -0.25) is 0 Å². The molecule has 0 aliphatic heterocycles. The lowest BCUT2D eigenvalue weighted by Crippen LogP contribution is -2.06. The van der Waals surface area contributed by atoms with E-state index in [2.05, 4.69) is 5.32 Å². The van der Waals surface area contributed by atoms with E-state index in [0.717, 1.165) is 12.1 Å². The average molecular weight is 312 g/mol. The van der Waals surface area contributed by atoms with Crippen molar-refractivity contribution in [2.45, 2.75) is 6.18 Å². The molecule has 0 radical (unpaired) electrons. The van der Waals surface area contributed by atoms with Gasteiger partial charge in [0.15, 0.2) is 0 Å². The molecule has 0 aliphatic rings. The van der Waals surface area contributed by atoms with Crippen molar-refractivity contribution in [1.29, 1.82) is 5.26 Å². The summed E-state index contributed by atoms with van der Waals surface area (Å²) in [7, 11) is 0. The van der Waals surface area contributed by atoms with Crippen molar-refractivity contribution in [3.63, 3.8) is 0 Å². The van der Waals surface area contributed by atoms with Gasteiger partial charge < -0.3 is 11.1 Å². The van der Waals surface area contributed by atoms with Gasteiger partial charge in [-0.05, 0) is 36.4 Å². The van der Waals surface area contributed by atoms with E-state index < -0.39 is 11.7 Å². The van der Waals surface area contributed by atoms with Crippen LogP contribution in [0.1, 0.15) is 11.1 Å². The molecule has 0 saturated heterocycles. The lowest BCUT2D eigenvalue weighted by atomic mass is 10.1. The molecule has 0 aliphatic carbocycles. The predicted octanol–water partition coefficient (Wildman–Crippen LogP) is 4.56. The molecular weight excluding hydrogens is 303 g/mol. The average Bonchev–Trinajstić information content (AvgIpc) is 2.39. The third-order valence-corrected chi connectivity index (χ3v) is 2.90. The maximum absolute atomic E-state index is 12.7. The summed E-state index contributed by atoms with van der Waals surface area (Å²) in [5.74, 6) is 0. The second kappa shape index (κ2) is 5.54. The Morgan fingerprint density at radius 3 is 2.48 bits per heavy atom. The fourth-order valence-electron chi connectivity index (χ4n) is 1.72. The second-order valence-corrected chi connectivity index (χ2v) is 4.70. The standard InChI is InChI=1S/C14H9ClF3N3/c15-10-4-9(14(16,17)18)5-11(6-10)21-13-3-8(7-19)1-2-12(13)20/h1-6,21H,20H2. The molecule has 0 heterocycles. The molecule has 0 unspecified atom stereocenters. The van der Waals surface area contributed by atoms with E-state index in [1.165, 1.54) is 24.3 Å². The molecule has 0 aromatic heterocycles. The smallest absolute Gasteiger partial charge is 0.397 e. The van der Waals surface area contributed by atoms with Gasteiger partial charge in [-0.25, -0.2) is 0 Å². The molecule has 2 rings (SSSR count). The Bertz CT molecular complexity index is 720. The summed E-state index contributed by atoms with van der Waals surface area (Å²) >= 11 is 5.70. The van der Waals surface area contributed by atoms with E-state index in [9.17, 15) is 13.2 Å². The van der Waals surface area contributed by atoms with Crippen molar-refractivity contribution >= 4 is 28.7 Å². The van der Waals surface area contributed by atoms with Crippen LogP contribution in [-0.2, 0) is 6.18 Å². The number of halogens is 4. The SMILES string of the molecule is N#Cc1ccc(N)c(Nc2cc(Cl)cc(C(F)(F)F)c2)c1. The van der Waals surface area contributed by atoms with Gasteiger partial charge in [-0.15, -0.1) is 0 Å². The van der Waals surface area contributed by atoms with Crippen LogP contribution in [0.15, 0.2) is 36.4 Å². The molecule has 108 valence electrons. The Morgan fingerprint density at radius 2 is 1.86 bits per heavy atom. The van der Waals surface area contributed by atoms with Gasteiger partial charge in [-0.2, -0.15) is 18.4 Å². The number of rotatable bonds is 2. The monoisotopic (exact) mass is 311 g/mol. The number of anilines is 3. The molecule has 2 aromatic carbocycles. The van der Waals surface area contributed by atoms with E-state index in [0.29, 0.717) is 16.9 Å². The zero-order chi connectivity index (χ0) is 15.6. The Hall–Kier alpha value is -2.39. The second-order valence-electron chi connectivity index (χ2n) is 4.27. The maximum Gasteiger partial charge on any atom is 0.416 e. The molecule has 0 fully saturated rings. The fraction of sp³-hybridized carbons (Fsp3) is 0.0714. The number of nitrogen functional groups attached to an aromatic ring is 1. The van der Waals surface area contributed by atoms with Gasteiger partial charge in [0.05, 0.1) is 28.6 Å². The van der Waals surface area contributed by atoms with Crippen molar-refractivity contribution in [2.24, 2.45) is 0 Å². The van der Waals surface area contributed by atoms with E-state index in [4.69, 9.17) is 22.6 Å². The van der Waals surface area contributed by atoms with Crippen LogP contribution in [0.4, 0.5) is 30.2 Å². The molecule has 0 spiro atoms. The molecule has 0 atom stereocenters. The molecule has 0 bridgehead atoms. The molecule has 7 heteroatoms. The van der Waals surface area contributed by atoms with Crippen LogP contribution in [-0.4, -0.2) is 0 Å². The van der Waals surface area contributed by atoms with E-state index >= 15 is 0 Å². The van der Waals surface area contributed by atoms with E-state index in [1.54, 1.807) is 0 Å². The number of nitrogens with zero attached hydrogens (tertiary/aromatic N) is 1. The summed E-state index contributed by atoms with van der Waals surface area (Å²) in [5, 5.41) is 11.5. The van der Waals surface area contributed by atoms with Crippen LogP contribution < -0.4 is 11.1 Å². The van der Waals surface area contributed by atoms with Gasteiger partial charge >= 0.3 is 6.18 Å². The third kappa shape index (κ3) is 3.58. The zero-order valence-corrected chi connectivity index (χ0v) is 11.3. The van der Waals surface area contributed by atoms with Crippen molar-refractivity contribution in [3.05, 3.63) is 52.5 Å². The summed E-state index contributed by atoms with van der Waals surface area (Å²) in [5.41, 5.74) is 5.98. The Morgan fingerprint density at radius 1 is 1.14 bits per heavy atom. The first-order valence-electron chi connectivity index (χ1n) is 5.74. The van der Waals surface area contributed by atoms with Crippen LogP contribution in [0.3, 0.4) is 0 Å². The number of nitrogens with one attached hydrogen (secondary N) is 1. The van der Waals surface area contributed by atoms with Crippen LogP contribution in [0.2, 0.25) is 5.02 Å². The number of hydrogen-bond donors (Lipinski definition) is 2. The minimum atomic E-state index is -4.50. The summed E-state index contributed by atoms with van der Waals surface area (Å²) < 4.78 is 38.2. The van der Waals surface area contributed by atoms with Gasteiger partial charge in [0.25, 0.3) is 0 Å². The highest BCUT2D eigenvalue weighted by molar-refractivity contribution is 6.31. The summed E-state index contributed by atoms with van der Waals surface area (Å²) in [6, 6.07) is 9.48. The number of hydrogen-bond acceptors (Lipinski definition) is 3. The number of alkyl halides is 3. The minimum Gasteiger partial charge on any atom is -0.397 e. The van der Waals surface area contributed by atoms with Crippen LogP contribution in [0.25, 0.3) is 0 Å². The molecule has 2 aromatic rings. The Balaban J connectivity index is 2.41. The van der Waals surface area contributed by atoms with Gasteiger partial charge in [0, 0.05) is 10.7 Å².